The predicted molar refractivity (Wildman–Crippen MR) is 93.1 cm³/mol. The number of piperidine rings is 1. The quantitative estimate of drug-likeness (QED) is 0.931. The molecule has 0 saturated carbocycles. The minimum absolute atomic E-state index is 0.388. The lowest BCUT2D eigenvalue weighted by atomic mass is 10.00. The number of aryl methyl sites for hydroxylation is 1. The molecule has 0 spiro atoms. The molecule has 5 nitrogen and oxygen atoms in total. The van der Waals surface area contributed by atoms with Gasteiger partial charge in [-0.25, -0.2) is 8.42 Å². The van der Waals surface area contributed by atoms with E-state index in [0.29, 0.717) is 23.9 Å². The van der Waals surface area contributed by atoms with Crippen molar-refractivity contribution < 1.29 is 8.42 Å². The Hall–Kier alpha value is -1.37. The summed E-state index contributed by atoms with van der Waals surface area (Å²) in [7, 11) is 0.381. The maximum absolute atomic E-state index is 13.3. The Morgan fingerprint density at radius 1 is 1.30 bits per heavy atom. The van der Waals surface area contributed by atoms with Crippen molar-refractivity contribution in [1.29, 1.82) is 0 Å². The van der Waals surface area contributed by atoms with Gasteiger partial charge in [-0.15, -0.1) is 0 Å². The molecule has 1 aliphatic rings. The van der Waals surface area contributed by atoms with Gasteiger partial charge >= 0.3 is 0 Å². The van der Waals surface area contributed by atoms with Gasteiger partial charge in [0, 0.05) is 36.7 Å². The van der Waals surface area contributed by atoms with E-state index in [-0.39, 0.29) is 0 Å². The van der Waals surface area contributed by atoms with Crippen LogP contribution in [0.1, 0.15) is 18.5 Å². The van der Waals surface area contributed by atoms with Crippen LogP contribution >= 0.6 is 0 Å². The summed E-state index contributed by atoms with van der Waals surface area (Å²) in [6.07, 6.45) is 2.01. The number of nitrogens with one attached hydrogen (secondary N) is 1. The maximum Gasteiger partial charge on any atom is 0.245 e. The molecule has 2 aromatic rings. The SMILES string of the molecule is CNCC1CCCN(S(=O)(=O)c2c(C)n(C)c3ccccc23)C1. The second-order valence-corrected chi connectivity index (χ2v) is 8.29. The first-order valence-electron chi connectivity index (χ1n) is 8.15. The Morgan fingerprint density at radius 2 is 2.04 bits per heavy atom. The Kier molecular flexibility index (Phi) is 4.49. The highest BCUT2D eigenvalue weighted by atomic mass is 32.2. The Labute approximate surface area is 138 Å². The third-order valence-electron chi connectivity index (χ3n) is 4.91. The van der Waals surface area contributed by atoms with Crippen LogP contribution in [0.4, 0.5) is 0 Å². The highest BCUT2D eigenvalue weighted by molar-refractivity contribution is 7.89. The van der Waals surface area contributed by atoms with Gasteiger partial charge in [0.05, 0.1) is 0 Å². The van der Waals surface area contributed by atoms with Crippen molar-refractivity contribution in [1.82, 2.24) is 14.2 Å². The van der Waals surface area contributed by atoms with Gasteiger partial charge < -0.3 is 9.88 Å². The third kappa shape index (κ3) is 2.79. The van der Waals surface area contributed by atoms with E-state index in [2.05, 4.69) is 5.32 Å². The predicted octanol–water partition coefficient (Wildman–Crippen LogP) is 2.11. The van der Waals surface area contributed by atoms with Crippen molar-refractivity contribution in [3.05, 3.63) is 30.0 Å². The fraction of sp³-hybridized carbons (Fsp3) is 0.529. The van der Waals surface area contributed by atoms with Crippen molar-refractivity contribution in [3.63, 3.8) is 0 Å². The summed E-state index contributed by atoms with van der Waals surface area (Å²) in [6.45, 7) is 3.97. The van der Waals surface area contributed by atoms with Crippen molar-refractivity contribution in [3.8, 4) is 0 Å². The van der Waals surface area contributed by atoms with E-state index in [1.807, 2.05) is 49.9 Å². The molecule has 1 aromatic carbocycles. The zero-order valence-electron chi connectivity index (χ0n) is 14.0. The summed E-state index contributed by atoms with van der Waals surface area (Å²) in [4.78, 5) is 0.473. The smallest absolute Gasteiger partial charge is 0.245 e. The van der Waals surface area contributed by atoms with Crippen LogP contribution in [0, 0.1) is 12.8 Å². The molecule has 1 atom stereocenters. The van der Waals surface area contributed by atoms with Gasteiger partial charge in [-0.05, 0) is 45.3 Å². The number of hydrogen-bond acceptors (Lipinski definition) is 3. The van der Waals surface area contributed by atoms with E-state index in [9.17, 15) is 8.42 Å². The number of aromatic nitrogens is 1. The molecular weight excluding hydrogens is 310 g/mol. The molecule has 0 radical (unpaired) electrons. The number of fused-ring (bicyclic) bond motifs is 1. The fourth-order valence-electron chi connectivity index (χ4n) is 3.64. The summed E-state index contributed by atoms with van der Waals surface area (Å²) in [5.74, 6) is 0.388. The summed E-state index contributed by atoms with van der Waals surface area (Å²) < 4.78 is 30.2. The molecule has 0 bridgehead atoms. The van der Waals surface area contributed by atoms with Crippen LogP contribution < -0.4 is 5.32 Å². The molecule has 1 aliphatic heterocycles. The summed E-state index contributed by atoms with van der Waals surface area (Å²) in [5.41, 5.74) is 1.77. The third-order valence-corrected chi connectivity index (χ3v) is 6.96. The molecule has 1 unspecified atom stereocenters. The van der Waals surface area contributed by atoms with Crippen molar-refractivity contribution in [2.45, 2.75) is 24.7 Å². The topological polar surface area (TPSA) is 54.3 Å². The number of nitrogens with zero attached hydrogens (tertiary/aromatic N) is 2. The normalized spacial score (nSPS) is 20.2. The molecule has 126 valence electrons. The molecular formula is C17H25N3O2S. The molecule has 0 aliphatic carbocycles. The molecule has 1 fully saturated rings. The van der Waals surface area contributed by atoms with E-state index >= 15 is 0 Å². The lowest BCUT2D eigenvalue weighted by Crippen LogP contribution is -2.42. The van der Waals surface area contributed by atoms with Gasteiger partial charge in [-0.3, -0.25) is 0 Å². The number of rotatable bonds is 4. The van der Waals surface area contributed by atoms with E-state index in [0.717, 1.165) is 36.0 Å². The van der Waals surface area contributed by atoms with Crippen LogP contribution in [0.5, 0.6) is 0 Å². The zero-order chi connectivity index (χ0) is 16.6. The number of para-hydroxylation sites is 1. The molecule has 1 aromatic heterocycles. The first-order chi connectivity index (χ1) is 11.0. The lowest BCUT2D eigenvalue weighted by Gasteiger charge is -2.32. The van der Waals surface area contributed by atoms with Crippen LogP contribution in [0.15, 0.2) is 29.2 Å². The van der Waals surface area contributed by atoms with Crippen molar-refractivity contribution in [2.75, 3.05) is 26.7 Å². The highest BCUT2D eigenvalue weighted by Crippen LogP contribution is 2.32. The number of benzene rings is 1. The van der Waals surface area contributed by atoms with Crippen LogP contribution in [-0.4, -0.2) is 44.0 Å². The Bertz CT molecular complexity index is 809. The highest BCUT2D eigenvalue weighted by Gasteiger charge is 2.33. The number of sulfonamides is 1. The molecule has 6 heteroatoms. The van der Waals surface area contributed by atoms with Gasteiger partial charge in [0.25, 0.3) is 0 Å². The largest absolute Gasteiger partial charge is 0.347 e. The monoisotopic (exact) mass is 335 g/mol. The number of hydrogen-bond donors (Lipinski definition) is 1. The van der Waals surface area contributed by atoms with Gasteiger partial charge in [0.2, 0.25) is 10.0 Å². The fourth-order valence-corrected chi connectivity index (χ4v) is 5.64. The van der Waals surface area contributed by atoms with Crippen molar-refractivity contribution >= 4 is 20.9 Å². The van der Waals surface area contributed by atoms with Crippen LogP contribution in [0.2, 0.25) is 0 Å². The molecule has 3 rings (SSSR count). The molecule has 2 heterocycles. The lowest BCUT2D eigenvalue weighted by molar-refractivity contribution is 0.263. The maximum atomic E-state index is 13.3. The molecule has 1 saturated heterocycles. The van der Waals surface area contributed by atoms with Gasteiger partial charge in [0.15, 0.2) is 0 Å². The standard InChI is InChI=1S/C17H25N3O2S/c1-13-17(15-8-4-5-9-16(15)19(13)3)23(21,22)20-10-6-7-14(12-20)11-18-2/h4-5,8-9,14,18H,6-7,10-12H2,1-3H3. The van der Waals surface area contributed by atoms with Gasteiger partial charge in [0.1, 0.15) is 4.90 Å². The molecule has 1 N–H and O–H groups in total. The summed E-state index contributed by atoms with van der Waals surface area (Å²) >= 11 is 0. The van der Waals surface area contributed by atoms with E-state index < -0.39 is 10.0 Å². The Balaban J connectivity index is 2.05. The van der Waals surface area contributed by atoms with Crippen molar-refractivity contribution in [2.24, 2.45) is 13.0 Å². The van der Waals surface area contributed by atoms with Gasteiger partial charge in [-0.1, -0.05) is 18.2 Å². The minimum Gasteiger partial charge on any atom is -0.347 e. The van der Waals surface area contributed by atoms with Crippen LogP contribution in [0.25, 0.3) is 10.9 Å². The van der Waals surface area contributed by atoms with Crippen LogP contribution in [-0.2, 0) is 17.1 Å². The first kappa shape index (κ1) is 16.5. The van der Waals surface area contributed by atoms with E-state index in [1.165, 1.54) is 0 Å². The minimum atomic E-state index is -3.46. The summed E-state index contributed by atoms with van der Waals surface area (Å²) in [5, 5.41) is 3.99. The molecule has 0 amide bonds. The average molecular weight is 335 g/mol. The van der Waals surface area contributed by atoms with E-state index in [1.54, 1.807) is 4.31 Å². The second-order valence-electron chi connectivity index (χ2n) is 6.42. The van der Waals surface area contributed by atoms with Gasteiger partial charge in [-0.2, -0.15) is 4.31 Å². The summed E-state index contributed by atoms with van der Waals surface area (Å²) in [6, 6.07) is 7.73. The Morgan fingerprint density at radius 3 is 2.78 bits per heavy atom. The first-order valence-corrected chi connectivity index (χ1v) is 9.59. The average Bonchev–Trinajstić information content (AvgIpc) is 2.80. The van der Waals surface area contributed by atoms with Crippen LogP contribution in [0.3, 0.4) is 0 Å². The van der Waals surface area contributed by atoms with E-state index in [4.69, 9.17) is 0 Å². The zero-order valence-corrected chi connectivity index (χ0v) is 14.9. The second kappa shape index (κ2) is 6.26. The molecule has 23 heavy (non-hydrogen) atoms.